The van der Waals surface area contributed by atoms with Gasteiger partial charge in [0.2, 0.25) is 0 Å². The molecular formula is C23H33BrO6. The van der Waals surface area contributed by atoms with Crippen molar-refractivity contribution in [2.45, 2.75) is 94.7 Å². The molecule has 2 saturated heterocycles. The van der Waals surface area contributed by atoms with Crippen molar-refractivity contribution in [3.63, 3.8) is 0 Å². The van der Waals surface area contributed by atoms with E-state index >= 15 is 0 Å². The Bertz CT molecular complexity index is 667. The lowest BCUT2D eigenvalue weighted by Gasteiger charge is -2.26. The fraction of sp³-hybridized carbons (Fsp3) is 0.696. The van der Waals surface area contributed by atoms with E-state index in [1.807, 2.05) is 44.2 Å². The summed E-state index contributed by atoms with van der Waals surface area (Å²) in [4.78, 5) is 12.9. The highest BCUT2D eigenvalue weighted by Crippen LogP contribution is 2.39. The van der Waals surface area contributed by atoms with Gasteiger partial charge in [-0.05, 0) is 32.3 Å². The summed E-state index contributed by atoms with van der Waals surface area (Å²) in [5, 5.41) is 0. The highest BCUT2D eigenvalue weighted by atomic mass is 79.9. The minimum absolute atomic E-state index is 0.244. The van der Waals surface area contributed by atoms with Crippen molar-refractivity contribution in [2.24, 2.45) is 0 Å². The van der Waals surface area contributed by atoms with Gasteiger partial charge in [-0.2, -0.15) is 0 Å². The highest BCUT2D eigenvalue weighted by molar-refractivity contribution is 9.09. The zero-order valence-corrected chi connectivity index (χ0v) is 19.6. The molecule has 0 amide bonds. The molecule has 2 aliphatic heterocycles. The van der Waals surface area contributed by atoms with Crippen LogP contribution in [0.3, 0.4) is 0 Å². The minimum atomic E-state index is -0.767. The number of ether oxygens (including phenoxy) is 5. The largest absolute Gasteiger partial charge is 0.456 e. The van der Waals surface area contributed by atoms with Crippen LogP contribution in [0.25, 0.3) is 0 Å². The maximum absolute atomic E-state index is 12.5. The molecule has 30 heavy (non-hydrogen) atoms. The average molecular weight is 485 g/mol. The van der Waals surface area contributed by atoms with Gasteiger partial charge in [-0.3, -0.25) is 4.79 Å². The molecule has 2 aliphatic rings. The number of halogens is 1. The summed E-state index contributed by atoms with van der Waals surface area (Å²) in [6.45, 7) is 6.59. The molecule has 0 aromatic heterocycles. The van der Waals surface area contributed by atoms with Crippen molar-refractivity contribution in [3.8, 4) is 0 Å². The molecule has 0 radical (unpaired) electrons. The predicted octanol–water partition coefficient (Wildman–Crippen LogP) is 4.73. The molecule has 0 aliphatic carbocycles. The third-order valence-electron chi connectivity index (χ3n) is 5.28. The Morgan fingerprint density at radius 3 is 2.70 bits per heavy atom. The van der Waals surface area contributed by atoms with Crippen molar-refractivity contribution in [1.82, 2.24) is 0 Å². The van der Waals surface area contributed by atoms with E-state index in [4.69, 9.17) is 23.7 Å². The molecule has 1 aromatic carbocycles. The number of unbranched alkanes of at least 4 members (excludes halogenated alkanes) is 1. The van der Waals surface area contributed by atoms with Gasteiger partial charge in [-0.1, -0.05) is 66.0 Å². The first-order valence-electron chi connectivity index (χ1n) is 10.8. The zero-order chi connectivity index (χ0) is 21.6. The van der Waals surface area contributed by atoms with Crippen molar-refractivity contribution in [1.29, 1.82) is 0 Å². The maximum Gasteiger partial charge on any atom is 0.306 e. The Hall–Kier alpha value is -0.990. The summed E-state index contributed by atoms with van der Waals surface area (Å²) in [5.74, 6) is -1.01. The third-order valence-corrected chi connectivity index (χ3v) is 6.20. The molecule has 0 spiro atoms. The number of benzene rings is 1. The molecule has 168 valence electrons. The normalized spacial score (nSPS) is 28.3. The topological polar surface area (TPSA) is 63.2 Å². The van der Waals surface area contributed by atoms with E-state index in [2.05, 4.69) is 22.9 Å². The molecule has 3 rings (SSSR count). The van der Waals surface area contributed by atoms with Crippen LogP contribution in [0.1, 0.15) is 58.4 Å². The smallest absolute Gasteiger partial charge is 0.306 e. The average Bonchev–Trinajstić information content (AvgIpc) is 3.17. The van der Waals surface area contributed by atoms with Gasteiger partial charge in [0.25, 0.3) is 0 Å². The van der Waals surface area contributed by atoms with Gasteiger partial charge >= 0.3 is 5.97 Å². The predicted molar refractivity (Wildman–Crippen MR) is 116 cm³/mol. The number of alkyl halides is 1. The van der Waals surface area contributed by atoms with Crippen LogP contribution in [-0.2, 0) is 35.1 Å². The second-order valence-electron chi connectivity index (χ2n) is 8.38. The maximum atomic E-state index is 12.5. The Morgan fingerprint density at radius 1 is 1.20 bits per heavy atom. The van der Waals surface area contributed by atoms with Crippen molar-refractivity contribution < 1.29 is 28.5 Å². The van der Waals surface area contributed by atoms with E-state index in [0.717, 1.165) is 31.2 Å². The molecule has 6 nitrogen and oxygen atoms in total. The number of fused-ring (bicyclic) bond motifs is 1. The molecule has 0 N–H and O–H groups in total. The summed E-state index contributed by atoms with van der Waals surface area (Å²) < 4.78 is 29.4. The summed E-state index contributed by atoms with van der Waals surface area (Å²) in [7, 11) is 0. The number of hydrogen-bond donors (Lipinski definition) is 0. The molecule has 7 heteroatoms. The number of hydrogen-bond acceptors (Lipinski definition) is 6. The molecule has 5 atom stereocenters. The van der Waals surface area contributed by atoms with Gasteiger partial charge < -0.3 is 23.7 Å². The van der Waals surface area contributed by atoms with Crippen LogP contribution in [0.4, 0.5) is 0 Å². The van der Waals surface area contributed by atoms with Gasteiger partial charge in [-0.25, -0.2) is 0 Å². The summed E-state index contributed by atoms with van der Waals surface area (Å²) in [5.41, 5.74) is 1.08. The van der Waals surface area contributed by atoms with Gasteiger partial charge in [0.05, 0.1) is 13.2 Å². The number of esters is 1. The fourth-order valence-electron chi connectivity index (χ4n) is 3.75. The fourth-order valence-corrected chi connectivity index (χ4v) is 4.30. The van der Waals surface area contributed by atoms with Gasteiger partial charge in [0, 0.05) is 11.2 Å². The number of rotatable bonds is 11. The Labute approximate surface area is 187 Å². The van der Waals surface area contributed by atoms with Gasteiger partial charge in [0.1, 0.15) is 6.10 Å². The van der Waals surface area contributed by atoms with Crippen LogP contribution >= 0.6 is 15.9 Å². The van der Waals surface area contributed by atoms with Crippen LogP contribution in [0, 0.1) is 0 Å². The van der Waals surface area contributed by atoms with Crippen LogP contribution in [-0.4, -0.2) is 47.8 Å². The second-order valence-corrected chi connectivity index (χ2v) is 9.67. The van der Waals surface area contributed by atoms with Crippen LogP contribution in [0.15, 0.2) is 30.3 Å². The number of carbonyl (C=O) groups excluding carboxylic acids is 1. The lowest BCUT2D eigenvalue weighted by molar-refractivity contribution is -0.224. The molecule has 2 fully saturated rings. The van der Waals surface area contributed by atoms with E-state index in [9.17, 15) is 4.79 Å². The molecule has 0 bridgehead atoms. The summed E-state index contributed by atoms with van der Waals surface area (Å²) in [6.07, 6.45) is 2.47. The quantitative estimate of drug-likeness (QED) is 0.334. The zero-order valence-electron chi connectivity index (χ0n) is 18.1. The first-order valence-corrected chi connectivity index (χ1v) is 11.8. The minimum Gasteiger partial charge on any atom is -0.456 e. The second kappa shape index (κ2) is 11.0. The van der Waals surface area contributed by atoms with Gasteiger partial charge in [-0.15, -0.1) is 0 Å². The van der Waals surface area contributed by atoms with E-state index in [1.54, 1.807) is 0 Å². The Kier molecular flexibility index (Phi) is 8.72. The standard InChI is InChI=1S/C23H33BrO6/c1-4-5-11-17(24)12-13-19(25)28-20-18(15-26-14-16-9-7-6-8-10-16)27-22-21(20)29-23(2,3)30-22/h6-10,17-18,20-22H,4-5,11-15H2,1-3H3/t17-,18-,20+,21-,22-/m1/s1. The van der Waals surface area contributed by atoms with E-state index < -0.39 is 30.4 Å². The first-order chi connectivity index (χ1) is 14.4. The van der Waals surface area contributed by atoms with E-state index in [-0.39, 0.29) is 5.97 Å². The summed E-state index contributed by atoms with van der Waals surface area (Å²) in [6, 6.07) is 9.93. The van der Waals surface area contributed by atoms with Crippen molar-refractivity contribution >= 4 is 21.9 Å². The molecular weight excluding hydrogens is 452 g/mol. The van der Waals surface area contributed by atoms with E-state index in [0.29, 0.717) is 24.5 Å². The SMILES string of the molecule is CCCC[C@@H](Br)CCC(=O)O[C@@H]1[C@H]2OC(C)(C)O[C@H]2O[C@@H]1COCc1ccccc1. The first kappa shape index (κ1) is 23.7. The van der Waals surface area contributed by atoms with Crippen LogP contribution in [0.5, 0.6) is 0 Å². The molecule has 2 heterocycles. The highest BCUT2D eigenvalue weighted by Gasteiger charge is 2.56. The summed E-state index contributed by atoms with van der Waals surface area (Å²) >= 11 is 3.65. The lowest BCUT2D eigenvalue weighted by Crippen LogP contribution is -2.40. The van der Waals surface area contributed by atoms with Crippen LogP contribution in [0.2, 0.25) is 0 Å². The van der Waals surface area contributed by atoms with E-state index in [1.165, 1.54) is 0 Å². The monoisotopic (exact) mass is 484 g/mol. The molecule has 0 unspecified atom stereocenters. The van der Waals surface area contributed by atoms with Crippen LogP contribution < -0.4 is 0 Å². The molecule has 0 saturated carbocycles. The van der Waals surface area contributed by atoms with Crippen molar-refractivity contribution in [2.75, 3.05) is 6.61 Å². The Balaban J connectivity index is 1.53. The van der Waals surface area contributed by atoms with Crippen molar-refractivity contribution in [3.05, 3.63) is 35.9 Å². The Morgan fingerprint density at radius 2 is 1.97 bits per heavy atom. The number of carbonyl (C=O) groups is 1. The lowest BCUT2D eigenvalue weighted by atomic mass is 10.1. The van der Waals surface area contributed by atoms with Gasteiger partial charge in [0.15, 0.2) is 24.3 Å². The molecule has 1 aromatic rings. The third kappa shape index (κ3) is 6.76.